The maximum Gasteiger partial charge on any atom is 0.372 e. The number of carboxylic acids is 1. The first-order valence-corrected chi connectivity index (χ1v) is 8.16. The molecule has 0 atom stereocenters. The Morgan fingerprint density at radius 3 is 2.62 bits per heavy atom. The molecule has 1 heterocycles. The molecule has 21 heavy (non-hydrogen) atoms. The van der Waals surface area contributed by atoms with E-state index < -0.39 is 32.9 Å². The zero-order chi connectivity index (χ0) is 15.7. The Hall–Kier alpha value is -1.83. The molecule has 0 aliphatic heterocycles. The van der Waals surface area contributed by atoms with Gasteiger partial charge in [-0.1, -0.05) is 0 Å². The quantitative estimate of drug-likeness (QED) is 0.753. The summed E-state index contributed by atoms with van der Waals surface area (Å²) in [6, 6.07) is 1.33. The van der Waals surface area contributed by atoms with Gasteiger partial charge in [-0.3, -0.25) is 4.79 Å². The number of ether oxygens (including phenoxy) is 1. The van der Waals surface area contributed by atoms with E-state index in [-0.39, 0.29) is 23.5 Å². The van der Waals surface area contributed by atoms with Crippen LogP contribution >= 0.6 is 0 Å². The van der Waals surface area contributed by atoms with Crippen molar-refractivity contribution >= 4 is 21.8 Å². The molecule has 0 spiro atoms. The van der Waals surface area contributed by atoms with Crippen molar-refractivity contribution in [1.82, 2.24) is 0 Å². The molecule has 8 heteroatoms. The van der Waals surface area contributed by atoms with Gasteiger partial charge in [-0.25, -0.2) is 13.2 Å². The Bertz CT molecular complexity index is 652. The van der Waals surface area contributed by atoms with Gasteiger partial charge in [-0.15, -0.1) is 0 Å². The highest BCUT2D eigenvalue weighted by Gasteiger charge is 2.48. The number of carbonyl (C=O) groups excluding carboxylic acids is 1. The third kappa shape index (κ3) is 3.84. The monoisotopic (exact) mass is 316 g/mol. The average Bonchev–Trinajstić information content (AvgIpc) is 2.94. The number of hydrogen-bond donors (Lipinski definition) is 1. The van der Waals surface area contributed by atoms with Gasteiger partial charge in [0.25, 0.3) is 0 Å². The summed E-state index contributed by atoms with van der Waals surface area (Å²) in [5, 5.41) is 8.90. The molecule has 1 fully saturated rings. The predicted molar refractivity (Wildman–Crippen MR) is 71.5 cm³/mol. The summed E-state index contributed by atoms with van der Waals surface area (Å²) in [5.41, 5.74) is -0.435. The standard InChI is InChI=1S/C13H16O7S/c1-19-10(14)6-13(3-4-13)8-21(17,18)7-9-2-5-20-11(9)12(15)16/h2,5H,3-4,6-8H2,1H3,(H,15,16). The molecule has 1 aliphatic rings. The molecule has 0 radical (unpaired) electrons. The van der Waals surface area contributed by atoms with Gasteiger partial charge in [-0.05, 0) is 24.3 Å². The lowest BCUT2D eigenvalue weighted by Gasteiger charge is -2.13. The number of esters is 1. The van der Waals surface area contributed by atoms with E-state index in [4.69, 9.17) is 9.52 Å². The van der Waals surface area contributed by atoms with Gasteiger partial charge >= 0.3 is 11.9 Å². The van der Waals surface area contributed by atoms with Crippen LogP contribution in [0.15, 0.2) is 16.7 Å². The predicted octanol–water partition coefficient (Wildman–Crippen LogP) is 1.24. The molecule has 0 bridgehead atoms. The van der Waals surface area contributed by atoms with E-state index in [2.05, 4.69) is 4.74 Å². The fraction of sp³-hybridized carbons (Fsp3) is 0.538. The van der Waals surface area contributed by atoms with Crippen molar-refractivity contribution in [2.75, 3.05) is 12.9 Å². The Balaban J connectivity index is 2.07. The number of methoxy groups -OCH3 is 1. The minimum atomic E-state index is -3.54. The Kier molecular flexibility index (Phi) is 4.08. The van der Waals surface area contributed by atoms with Gasteiger partial charge < -0.3 is 14.3 Å². The van der Waals surface area contributed by atoms with Crippen LogP contribution in [-0.2, 0) is 25.1 Å². The van der Waals surface area contributed by atoms with Crippen LogP contribution in [0.5, 0.6) is 0 Å². The van der Waals surface area contributed by atoms with Gasteiger partial charge in [0.15, 0.2) is 9.84 Å². The molecule has 1 saturated carbocycles. The van der Waals surface area contributed by atoms with E-state index in [0.29, 0.717) is 12.8 Å². The number of sulfone groups is 1. The zero-order valence-corrected chi connectivity index (χ0v) is 12.3. The van der Waals surface area contributed by atoms with E-state index in [1.165, 1.54) is 13.2 Å². The lowest BCUT2D eigenvalue weighted by Crippen LogP contribution is -2.22. The summed E-state index contributed by atoms with van der Waals surface area (Å²) in [7, 11) is -2.28. The number of rotatable bonds is 7. The van der Waals surface area contributed by atoms with Crippen LogP contribution in [0.4, 0.5) is 0 Å². The van der Waals surface area contributed by atoms with E-state index >= 15 is 0 Å². The summed E-state index contributed by atoms with van der Waals surface area (Å²) in [6.45, 7) is 0. The van der Waals surface area contributed by atoms with E-state index in [1.54, 1.807) is 0 Å². The van der Waals surface area contributed by atoms with Crippen LogP contribution < -0.4 is 0 Å². The molecule has 1 N–H and O–H groups in total. The average molecular weight is 316 g/mol. The third-order valence-corrected chi connectivity index (χ3v) is 5.35. The molecular formula is C13H16O7S. The number of hydrogen-bond acceptors (Lipinski definition) is 6. The third-order valence-electron chi connectivity index (χ3n) is 3.55. The van der Waals surface area contributed by atoms with E-state index in [0.717, 1.165) is 6.26 Å². The second kappa shape index (κ2) is 5.51. The molecule has 2 rings (SSSR count). The SMILES string of the molecule is COC(=O)CC1(CS(=O)(=O)Cc2ccoc2C(=O)O)CC1. The maximum atomic E-state index is 12.2. The zero-order valence-electron chi connectivity index (χ0n) is 11.5. The van der Waals surface area contributed by atoms with Crippen LogP contribution in [0.25, 0.3) is 0 Å². The lowest BCUT2D eigenvalue weighted by atomic mass is 10.1. The minimum Gasteiger partial charge on any atom is -0.475 e. The molecule has 1 aromatic rings. The van der Waals surface area contributed by atoms with Gasteiger partial charge in [0.2, 0.25) is 5.76 Å². The first-order chi connectivity index (χ1) is 9.77. The number of furan rings is 1. The number of carbonyl (C=O) groups is 2. The second-order valence-electron chi connectivity index (χ2n) is 5.37. The summed E-state index contributed by atoms with van der Waals surface area (Å²) < 4.78 is 33.8. The van der Waals surface area contributed by atoms with Crippen LogP contribution in [0.1, 0.15) is 35.4 Å². The second-order valence-corrected chi connectivity index (χ2v) is 7.43. The van der Waals surface area contributed by atoms with Crippen molar-refractivity contribution in [3.63, 3.8) is 0 Å². The summed E-state index contributed by atoms with van der Waals surface area (Å²) in [6.07, 6.45) is 2.52. The number of carboxylic acid groups (broad SMARTS) is 1. The first-order valence-electron chi connectivity index (χ1n) is 6.34. The van der Waals surface area contributed by atoms with Crippen LogP contribution in [0.2, 0.25) is 0 Å². The summed E-state index contributed by atoms with van der Waals surface area (Å²) >= 11 is 0. The minimum absolute atomic E-state index is 0.0693. The largest absolute Gasteiger partial charge is 0.475 e. The normalized spacial score (nSPS) is 16.4. The molecule has 0 amide bonds. The van der Waals surface area contributed by atoms with Crippen LogP contribution in [0.3, 0.4) is 0 Å². The van der Waals surface area contributed by atoms with E-state index in [9.17, 15) is 18.0 Å². The van der Waals surface area contributed by atoms with Crippen molar-refractivity contribution in [3.05, 3.63) is 23.7 Å². The Labute approximate surface area is 121 Å². The summed E-state index contributed by atoms with van der Waals surface area (Å²) in [4.78, 5) is 22.2. The van der Waals surface area contributed by atoms with E-state index in [1.807, 2.05) is 0 Å². The van der Waals surface area contributed by atoms with Crippen molar-refractivity contribution in [2.45, 2.75) is 25.0 Å². The highest BCUT2D eigenvalue weighted by molar-refractivity contribution is 7.90. The van der Waals surface area contributed by atoms with Gasteiger partial charge in [0.1, 0.15) is 0 Å². The highest BCUT2D eigenvalue weighted by atomic mass is 32.2. The molecule has 116 valence electrons. The smallest absolute Gasteiger partial charge is 0.372 e. The molecular weight excluding hydrogens is 300 g/mol. The molecule has 0 unspecified atom stereocenters. The molecule has 1 aromatic heterocycles. The maximum absolute atomic E-state index is 12.2. The van der Waals surface area contributed by atoms with Crippen molar-refractivity contribution < 1.29 is 32.3 Å². The molecule has 0 saturated heterocycles. The van der Waals surface area contributed by atoms with Crippen molar-refractivity contribution in [2.24, 2.45) is 5.41 Å². The van der Waals surface area contributed by atoms with Gasteiger partial charge in [0, 0.05) is 5.56 Å². The fourth-order valence-electron chi connectivity index (χ4n) is 2.32. The molecule has 7 nitrogen and oxygen atoms in total. The molecule has 0 aromatic carbocycles. The highest BCUT2D eigenvalue weighted by Crippen LogP contribution is 2.50. The van der Waals surface area contributed by atoms with Crippen molar-refractivity contribution in [3.8, 4) is 0 Å². The van der Waals surface area contributed by atoms with Crippen LogP contribution in [0, 0.1) is 5.41 Å². The van der Waals surface area contributed by atoms with Crippen LogP contribution in [-0.4, -0.2) is 38.3 Å². The van der Waals surface area contributed by atoms with Gasteiger partial charge in [0.05, 0.1) is 31.3 Å². The Morgan fingerprint density at radius 1 is 1.43 bits per heavy atom. The Morgan fingerprint density at radius 2 is 2.10 bits per heavy atom. The lowest BCUT2D eigenvalue weighted by molar-refractivity contribution is -0.141. The molecule has 1 aliphatic carbocycles. The number of aromatic carboxylic acids is 1. The summed E-state index contributed by atoms with van der Waals surface area (Å²) in [5.74, 6) is -2.66. The topological polar surface area (TPSA) is 111 Å². The fourth-order valence-corrected chi connectivity index (χ4v) is 4.45. The van der Waals surface area contributed by atoms with Gasteiger partial charge in [-0.2, -0.15) is 0 Å². The van der Waals surface area contributed by atoms with Crippen molar-refractivity contribution in [1.29, 1.82) is 0 Å². The first kappa shape index (κ1) is 15.6.